The van der Waals surface area contributed by atoms with E-state index in [4.69, 9.17) is 11.6 Å². The number of likely N-dealkylation sites (N-methyl/N-ethyl adjacent to an activating group) is 1. The first-order valence-corrected chi connectivity index (χ1v) is 9.01. The molecular weight excluding hydrogens is 332 g/mol. The van der Waals surface area contributed by atoms with E-state index in [9.17, 15) is 13.2 Å². The van der Waals surface area contributed by atoms with Crippen molar-refractivity contribution in [2.45, 2.75) is 24.1 Å². The number of sulfonamides is 1. The highest BCUT2D eigenvalue weighted by molar-refractivity contribution is 7.92. The Kier molecular flexibility index (Phi) is 4.88. The molecule has 0 aliphatic rings. The van der Waals surface area contributed by atoms with Crippen LogP contribution in [0.25, 0.3) is 10.1 Å². The molecule has 0 radical (unpaired) electrons. The number of halogens is 1. The number of thiophene rings is 1. The van der Waals surface area contributed by atoms with Gasteiger partial charge in [0.15, 0.2) is 4.21 Å². The maximum atomic E-state index is 12.4. The summed E-state index contributed by atoms with van der Waals surface area (Å²) < 4.78 is 27.9. The van der Waals surface area contributed by atoms with Crippen LogP contribution in [0.5, 0.6) is 0 Å². The van der Waals surface area contributed by atoms with Crippen LogP contribution < -0.4 is 10.0 Å². The Morgan fingerprint density at radius 3 is 2.67 bits per heavy atom. The molecule has 1 amide bonds. The monoisotopic (exact) mass is 346 g/mol. The summed E-state index contributed by atoms with van der Waals surface area (Å²) in [6.45, 7) is 3.69. The summed E-state index contributed by atoms with van der Waals surface area (Å²) in [5.41, 5.74) is 0. The number of nitrogens with one attached hydrogen (secondary N) is 2. The van der Waals surface area contributed by atoms with E-state index in [1.807, 2.05) is 6.07 Å². The second-order valence-electron chi connectivity index (χ2n) is 4.44. The fourth-order valence-corrected chi connectivity index (χ4v) is 5.18. The van der Waals surface area contributed by atoms with Gasteiger partial charge in [-0.2, -0.15) is 4.72 Å². The average molecular weight is 347 g/mol. The molecule has 1 atom stereocenters. The molecule has 0 fully saturated rings. The molecule has 5 nitrogen and oxygen atoms in total. The van der Waals surface area contributed by atoms with Crippen LogP contribution in [0.4, 0.5) is 0 Å². The van der Waals surface area contributed by atoms with E-state index < -0.39 is 16.1 Å². The van der Waals surface area contributed by atoms with Gasteiger partial charge in [-0.1, -0.05) is 29.8 Å². The van der Waals surface area contributed by atoms with E-state index in [1.165, 1.54) is 6.92 Å². The third kappa shape index (κ3) is 3.37. The van der Waals surface area contributed by atoms with Crippen LogP contribution in [0.1, 0.15) is 13.8 Å². The first-order chi connectivity index (χ1) is 9.86. The molecule has 1 aromatic carbocycles. The van der Waals surface area contributed by atoms with Gasteiger partial charge in [0.1, 0.15) is 0 Å². The number of carbonyl (C=O) groups is 1. The molecule has 21 heavy (non-hydrogen) atoms. The van der Waals surface area contributed by atoms with Crippen molar-refractivity contribution in [2.75, 3.05) is 6.54 Å². The molecule has 2 N–H and O–H groups in total. The maximum absolute atomic E-state index is 12.4. The third-order valence-electron chi connectivity index (χ3n) is 2.83. The molecule has 0 bridgehead atoms. The van der Waals surface area contributed by atoms with E-state index >= 15 is 0 Å². The quantitative estimate of drug-likeness (QED) is 0.872. The lowest BCUT2D eigenvalue weighted by molar-refractivity contribution is -0.122. The number of carbonyl (C=O) groups excluding carboxylic acids is 1. The molecule has 114 valence electrons. The minimum absolute atomic E-state index is 0.0292. The van der Waals surface area contributed by atoms with Crippen LogP contribution in [-0.4, -0.2) is 26.9 Å². The zero-order valence-corrected chi connectivity index (χ0v) is 13.9. The largest absolute Gasteiger partial charge is 0.355 e. The Bertz CT molecular complexity index is 771. The number of benzene rings is 1. The van der Waals surface area contributed by atoms with Gasteiger partial charge >= 0.3 is 0 Å². The number of hydrogen-bond donors (Lipinski definition) is 2. The van der Waals surface area contributed by atoms with E-state index in [1.54, 1.807) is 25.1 Å². The highest BCUT2D eigenvalue weighted by Crippen LogP contribution is 2.38. The lowest BCUT2D eigenvalue weighted by Crippen LogP contribution is -2.44. The fraction of sp³-hybridized carbons (Fsp3) is 0.308. The van der Waals surface area contributed by atoms with Crippen LogP contribution in [0.15, 0.2) is 28.5 Å². The molecule has 2 rings (SSSR count). The Hall–Kier alpha value is -1.15. The highest BCUT2D eigenvalue weighted by atomic mass is 35.5. The standard InChI is InChI=1S/C13H15ClN2O3S2/c1-3-15-12(17)8(2)16-21(18,19)13-11(14)9-6-4-5-7-10(9)20-13/h4-8,16H,3H2,1-2H3,(H,15,17). The van der Waals surface area contributed by atoms with E-state index in [0.717, 1.165) is 16.0 Å². The van der Waals surface area contributed by atoms with Crippen molar-refractivity contribution < 1.29 is 13.2 Å². The van der Waals surface area contributed by atoms with Crippen LogP contribution in [0.3, 0.4) is 0 Å². The van der Waals surface area contributed by atoms with Crippen molar-refractivity contribution in [3.63, 3.8) is 0 Å². The molecule has 0 aliphatic carbocycles. The fourth-order valence-electron chi connectivity index (χ4n) is 1.83. The van der Waals surface area contributed by atoms with Crippen LogP contribution in [0.2, 0.25) is 5.02 Å². The minimum Gasteiger partial charge on any atom is -0.355 e. The summed E-state index contributed by atoms with van der Waals surface area (Å²) in [6.07, 6.45) is 0. The van der Waals surface area contributed by atoms with Crippen LogP contribution in [-0.2, 0) is 14.8 Å². The summed E-state index contributed by atoms with van der Waals surface area (Å²) in [7, 11) is -3.84. The van der Waals surface area contributed by atoms with Gasteiger partial charge in [0.25, 0.3) is 10.0 Å². The zero-order valence-electron chi connectivity index (χ0n) is 11.5. The van der Waals surface area contributed by atoms with Crippen molar-refractivity contribution in [2.24, 2.45) is 0 Å². The molecule has 0 spiro atoms. The van der Waals surface area contributed by atoms with Crippen molar-refractivity contribution in [3.05, 3.63) is 29.3 Å². The lowest BCUT2D eigenvalue weighted by Gasteiger charge is -2.12. The molecule has 0 aliphatic heterocycles. The molecule has 1 heterocycles. The van der Waals surface area contributed by atoms with Gasteiger partial charge in [-0.25, -0.2) is 8.42 Å². The molecule has 2 aromatic rings. The zero-order chi connectivity index (χ0) is 15.6. The summed E-state index contributed by atoms with van der Waals surface area (Å²) in [4.78, 5) is 11.6. The maximum Gasteiger partial charge on any atom is 0.252 e. The summed E-state index contributed by atoms with van der Waals surface area (Å²) >= 11 is 7.24. The summed E-state index contributed by atoms with van der Waals surface area (Å²) in [6, 6.07) is 6.31. The van der Waals surface area contributed by atoms with Crippen molar-refractivity contribution >= 4 is 49.0 Å². The van der Waals surface area contributed by atoms with Gasteiger partial charge in [0.2, 0.25) is 5.91 Å². The number of rotatable bonds is 5. The van der Waals surface area contributed by atoms with E-state index in [2.05, 4.69) is 10.0 Å². The predicted molar refractivity (Wildman–Crippen MR) is 85.3 cm³/mol. The van der Waals surface area contributed by atoms with Crippen molar-refractivity contribution in [1.29, 1.82) is 0 Å². The Balaban J connectivity index is 2.34. The van der Waals surface area contributed by atoms with E-state index in [-0.39, 0.29) is 15.1 Å². The van der Waals surface area contributed by atoms with Gasteiger partial charge in [0, 0.05) is 16.6 Å². The summed E-state index contributed by atoms with van der Waals surface area (Å²) in [5, 5.41) is 3.44. The minimum atomic E-state index is -3.84. The number of amides is 1. The van der Waals surface area contributed by atoms with Crippen molar-refractivity contribution in [1.82, 2.24) is 10.0 Å². The van der Waals surface area contributed by atoms with Crippen LogP contribution >= 0.6 is 22.9 Å². The van der Waals surface area contributed by atoms with Crippen LogP contribution in [0, 0.1) is 0 Å². The Labute approximate surface area is 132 Å². The van der Waals surface area contributed by atoms with Gasteiger partial charge in [0.05, 0.1) is 11.1 Å². The average Bonchev–Trinajstić information content (AvgIpc) is 2.77. The Morgan fingerprint density at radius 2 is 2.05 bits per heavy atom. The topological polar surface area (TPSA) is 75.3 Å². The smallest absolute Gasteiger partial charge is 0.252 e. The second kappa shape index (κ2) is 6.31. The second-order valence-corrected chi connectivity index (χ2v) is 7.78. The van der Waals surface area contributed by atoms with Crippen molar-refractivity contribution in [3.8, 4) is 0 Å². The molecule has 8 heteroatoms. The van der Waals surface area contributed by atoms with Gasteiger partial charge in [-0.3, -0.25) is 4.79 Å². The lowest BCUT2D eigenvalue weighted by atomic mass is 10.3. The Morgan fingerprint density at radius 1 is 1.38 bits per heavy atom. The number of hydrogen-bond acceptors (Lipinski definition) is 4. The van der Waals surface area contributed by atoms with Gasteiger partial charge < -0.3 is 5.32 Å². The summed E-state index contributed by atoms with van der Waals surface area (Å²) in [5.74, 6) is -0.377. The van der Waals surface area contributed by atoms with Gasteiger partial charge in [-0.05, 0) is 19.9 Å². The van der Waals surface area contributed by atoms with Gasteiger partial charge in [-0.15, -0.1) is 11.3 Å². The highest BCUT2D eigenvalue weighted by Gasteiger charge is 2.26. The first kappa shape index (κ1) is 16.2. The molecule has 1 aromatic heterocycles. The van der Waals surface area contributed by atoms with E-state index in [0.29, 0.717) is 11.9 Å². The first-order valence-electron chi connectivity index (χ1n) is 6.34. The predicted octanol–water partition coefficient (Wildman–Crippen LogP) is 2.36. The molecule has 0 saturated carbocycles. The molecule has 1 unspecified atom stereocenters. The third-order valence-corrected chi connectivity index (χ3v) is 6.67. The molecular formula is C13H15ClN2O3S2. The number of fused-ring (bicyclic) bond motifs is 1. The molecule has 0 saturated heterocycles. The normalized spacial score (nSPS) is 13.3. The SMILES string of the molecule is CCNC(=O)C(C)NS(=O)(=O)c1sc2ccccc2c1Cl.